The standard InChI is InChI=1S/C58H40N4/c1-7-19-40(20-8-1)46(41-21-9-2-10-22-41)39-62-53-37-38-54(62)58(45-29-17-6-18-30-45)52-36-34-50(61-52)56(43-25-13-4-14-26-43)48-32-31-47(59-48)55(42-23-11-3-12-24-42)49-33-35-51(60-49)57(53)44-27-15-5-16-28-44/h1-39,60H. The van der Waals surface area contributed by atoms with Crippen LogP contribution in [0.1, 0.15) is 33.9 Å². The molecule has 0 aliphatic carbocycles. The van der Waals surface area contributed by atoms with E-state index < -0.39 is 0 Å². The normalized spacial score (nSPS) is 11.7. The maximum absolute atomic E-state index is 5.56. The predicted octanol–water partition coefficient (Wildman–Crippen LogP) is 14.8. The molecule has 0 unspecified atom stereocenters. The van der Waals surface area contributed by atoms with Gasteiger partial charge in [0.25, 0.3) is 0 Å². The monoisotopic (exact) mass is 792 g/mol. The molecule has 4 heteroatoms. The van der Waals surface area contributed by atoms with Gasteiger partial charge in [-0.3, -0.25) is 0 Å². The van der Waals surface area contributed by atoms with Crippen molar-refractivity contribution >= 4 is 58.1 Å². The molecule has 5 heterocycles. The lowest BCUT2D eigenvalue weighted by molar-refractivity contribution is 1.26. The molecule has 2 aliphatic rings. The van der Waals surface area contributed by atoms with E-state index >= 15 is 0 Å². The number of H-pyrrole nitrogens is 1. The van der Waals surface area contributed by atoms with E-state index in [2.05, 4.69) is 246 Å². The average molecular weight is 793 g/mol. The third-order valence-corrected chi connectivity index (χ3v) is 11.6. The molecular weight excluding hydrogens is 753 g/mol. The summed E-state index contributed by atoms with van der Waals surface area (Å²) in [4.78, 5) is 14.9. The fourth-order valence-electron chi connectivity index (χ4n) is 8.80. The number of aromatic nitrogens is 4. The molecule has 0 radical (unpaired) electrons. The van der Waals surface area contributed by atoms with Gasteiger partial charge in [-0.1, -0.05) is 182 Å². The summed E-state index contributed by atoms with van der Waals surface area (Å²) in [5.41, 5.74) is 19.2. The van der Waals surface area contributed by atoms with Gasteiger partial charge in [-0.25, -0.2) is 9.97 Å². The summed E-state index contributed by atoms with van der Waals surface area (Å²) in [6, 6.07) is 72.7. The number of nitrogens with zero attached hydrogens (tertiary/aromatic N) is 3. The Morgan fingerprint density at radius 2 is 0.677 bits per heavy atom. The number of aromatic amines is 1. The minimum Gasteiger partial charge on any atom is -0.354 e. The Morgan fingerprint density at radius 3 is 1.15 bits per heavy atom. The van der Waals surface area contributed by atoms with Crippen LogP contribution in [-0.4, -0.2) is 19.5 Å². The molecule has 62 heavy (non-hydrogen) atoms. The fraction of sp³-hybridized carbons (Fsp3) is 0. The molecule has 4 nitrogen and oxygen atoms in total. The molecule has 11 rings (SSSR count). The second kappa shape index (κ2) is 16.0. The first-order chi connectivity index (χ1) is 30.8. The molecule has 1 N–H and O–H groups in total. The zero-order valence-electron chi connectivity index (χ0n) is 33.9. The summed E-state index contributed by atoms with van der Waals surface area (Å²) in [5.74, 6) is 0. The SMILES string of the molecule is C1=Cc2nc1c(-c1ccccc1)c1nc(c(-c3ccccc3)c3ccc(c(-c4ccccc4)c4ccc([nH]4)c2-c2ccccc2)n3C=C(c2ccccc2)c2ccccc2)C=C1. The maximum atomic E-state index is 5.56. The predicted molar refractivity (Wildman–Crippen MR) is 260 cm³/mol. The van der Waals surface area contributed by atoms with Crippen molar-refractivity contribution in [2.24, 2.45) is 0 Å². The van der Waals surface area contributed by atoms with Crippen LogP contribution in [0.5, 0.6) is 0 Å². The van der Waals surface area contributed by atoms with Crippen LogP contribution in [0, 0.1) is 0 Å². The van der Waals surface area contributed by atoms with Crippen molar-refractivity contribution in [2.75, 3.05) is 0 Å². The van der Waals surface area contributed by atoms with Gasteiger partial charge in [-0.05, 0) is 82.0 Å². The first-order valence-corrected chi connectivity index (χ1v) is 21.0. The molecule has 6 aromatic carbocycles. The molecule has 0 spiro atoms. The number of hydrogen-bond acceptors (Lipinski definition) is 2. The van der Waals surface area contributed by atoms with Gasteiger partial charge in [-0.2, -0.15) is 0 Å². The zero-order valence-corrected chi connectivity index (χ0v) is 33.9. The Hall–Kier alpha value is -8.34. The Bertz CT molecular complexity index is 3300. The average Bonchev–Trinajstić information content (AvgIpc) is 4.18. The van der Waals surface area contributed by atoms with E-state index in [9.17, 15) is 0 Å². The highest BCUT2D eigenvalue weighted by Crippen LogP contribution is 2.40. The van der Waals surface area contributed by atoms with E-state index in [1.54, 1.807) is 0 Å². The lowest BCUT2D eigenvalue weighted by Crippen LogP contribution is -1.97. The topological polar surface area (TPSA) is 46.5 Å². The van der Waals surface area contributed by atoms with Gasteiger partial charge in [0, 0.05) is 45.1 Å². The van der Waals surface area contributed by atoms with Crippen LogP contribution >= 0.6 is 0 Å². The van der Waals surface area contributed by atoms with Crippen molar-refractivity contribution in [3.8, 4) is 44.5 Å². The number of rotatable bonds is 7. The molecule has 9 aromatic rings. The second-order valence-corrected chi connectivity index (χ2v) is 15.4. The molecule has 0 atom stereocenters. The van der Waals surface area contributed by atoms with Gasteiger partial charge in [-0.15, -0.1) is 0 Å². The van der Waals surface area contributed by atoms with Gasteiger partial charge in [0.1, 0.15) is 0 Å². The van der Waals surface area contributed by atoms with Crippen LogP contribution < -0.4 is 0 Å². The van der Waals surface area contributed by atoms with Gasteiger partial charge in [0.05, 0.1) is 33.8 Å². The minimum absolute atomic E-state index is 0.861. The molecule has 0 fully saturated rings. The number of hydrogen-bond donors (Lipinski definition) is 1. The van der Waals surface area contributed by atoms with Crippen LogP contribution in [0.25, 0.3) is 103 Å². The Kier molecular flexibility index (Phi) is 9.49. The van der Waals surface area contributed by atoms with Crippen molar-refractivity contribution in [1.29, 1.82) is 0 Å². The van der Waals surface area contributed by atoms with Crippen molar-refractivity contribution in [1.82, 2.24) is 19.5 Å². The highest BCUT2D eigenvalue weighted by molar-refractivity contribution is 6.03. The Morgan fingerprint density at radius 1 is 0.339 bits per heavy atom. The van der Waals surface area contributed by atoms with Crippen LogP contribution in [0.4, 0.5) is 0 Å². The first-order valence-electron chi connectivity index (χ1n) is 21.0. The first kappa shape index (κ1) is 36.7. The van der Waals surface area contributed by atoms with Crippen molar-refractivity contribution in [3.05, 3.63) is 240 Å². The van der Waals surface area contributed by atoms with E-state index in [1.807, 2.05) is 0 Å². The molecule has 0 saturated carbocycles. The molecule has 8 bridgehead atoms. The highest BCUT2D eigenvalue weighted by Gasteiger charge is 2.21. The van der Waals surface area contributed by atoms with Crippen LogP contribution in [-0.2, 0) is 0 Å². The summed E-state index contributed by atoms with van der Waals surface area (Å²) in [5, 5.41) is 0. The summed E-state index contributed by atoms with van der Waals surface area (Å²) in [6.45, 7) is 0. The van der Waals surface area contributed by atoms with Gasteiger partial charge in [0.15, 0.2) is 0 Å². The van der Waals surface area contributed by atoms with E-state index in [4.69, 9.17) is 9.97 Å². The van der Waals surface area contributed by atoms with Crippen molar-refractivity contribution < 1.29 is 0 Å². The van der Waals surface area contributed by atoms with E-state index in [0.29, 0.717) is 0 Å². The molecule has 0 saturated heterocycles. The van der Waals surface area contributed by atoms with Crippen LogP contribution in [0.3, 0.4) is 0 Å². The summed E-state index contributed by atoms with van der Waals surface area (Å²) in [6.07, 6.45) is 10.9. The molecule has 2 aliphatic heterocycles. The van der Waals surface area contributed by atoms with E-state index in [-0.39, 0.29) is 0 Å². The van der Waals surface area contributed by atoms with Crippen molar-refractivity contribution in [3.63, 3.8) is 0 Å². The summed E-state index contributed by atoms with van der Waals surface area (Å²) < 4.78 is 2.38. The Labute approximate surface area is 360 Å². The van der Waals surface area contributed by atoms with Gasteiger partial charge < -0.3 is 9.55 Å². The Balaban J connectivity index is 1.38. The third-order valence-electron chi connectivity index (χ3n) is 11.6. The molecule has 292 valence electrons. The molecular formula is C58H40N4. The summed E-state index contributed by atoms with van der Waals surface area (Å²) in [7, 11) is 0. The number of fused-ring (bicyclic) bond motifs is 8. The van der Waals surface area contributed by atoms with E-state index in [1.165, 1.54) is 0 Å². The van der Waals surface area contributed by atoms with Crippen molar-refractivity contribution in [2.45, 2.75) is 0 Å². The number of nitrogens with one attached hydrogen (secondary N) is 1. The lowest BCUT2D eigenvalue weighted by atomic mass is 9.98. The van der Waals surface area contributed by atoms with Gasteiger partial charge >= 0.3 is 0 Å². The molecule has 0 amide bonds. The third kappa shape index (κ3) is 6.80. The fourth-order valence-corrected chi connectivity index (χ4v) is 8.80. The maximum Gasteiger partial charge on any atom is 0.0738 e. The van der Waals surface area contributed by atoms with Gasteiger partial charge in [0.2, 0.25) is 0 Å². The van der Waals surface area contributed by atoms with Crippen LogP contribution in [0.15, 0.2) is 206 Å². The second-order valence-electron chi connectivity index (χ2n) is 15.4. The zero-order chi connectivity index (χ0) is 41.2. The van der Waals surface area contributed by atoms with E-state index in [0.717, 1.165) is 106 Å². The largest absolute Gasteiger partial charge is 0.354 e. The van der Waals surface area contributed by atoms with Crippen LogP contribution in [0.2, 0.25) is 0 Å². The summed E-state index contributed by atoms with van der Waals surface area (Å²) >= 11 is 0. The number of benzene rings is 6. The lowest BCUT2D eigenvalue weighted by Gasteiger charge is -2.14. The molecule has 3 aromatic heterocycles. The minimum atomic E-state index is 0.861. The highest BCUT2D eigenvalue weighted by atomic mass is 15.0. The smallest absolute Gasteiger partial charge is 0.0738 e. The quantitative estimate of drug-likeness (QED) is 0.175.